The summed E-state index contributed by atoms with van der Waals surface area (Å²) in [6.07, 6.45) is 0.152. The maximum atomic E-state index is 12.9. The van der Waals surface area contributed by atoms with Gasteiger partial charge in [-0.05, 0) is 31.0 Å². The van der Waals surface area contributed by atoms with E-state index < -0.39 is 38.5 Å². The van der Waals surface area contributed by atoms with Gasteiger partial charge in [0.25, 0.3) is 0 Å². The van der Waals surface area contributed by atoms with Gasteiger partial charge < -0.3 is 10.2 Å². The Morgan fingerprint density at radius 3 is 2.54 bits per heavy atom. The molecule has 1 aromatic rings. The quantitative estimate of drug-likeness (QED) is 0.706. The minimum atomic E-state index is -4.14. The molecule has 0 unspecified atom stereocenters. The maximum Gasteiger partial charge on any atom is 0.335 e. The molecule has 1 atom stereocenters. The van der Waals surface area contributed by atoms with Crippen LogP contribution in [0.2, 0.25) is 0 Å². The monoisotopic (exact) mass is 377 g/mol. The molecule has 0 spiro atoms. The summed E-state index contributed by atoms with van der Waals surface area (Å²) in [7, 11) is -7.45. The highest BCUT2D eigenvalue weighted by molar-refractivity contribution is 7.92. The van der Waals surface area contributed by atoms with Gasteiger partial charge in [0.1, 0.15) is 0 Å². The molecule has 1 aliphatic heterocycles. The molecule has 0 aliphatic carbocycles. The van der Waals surface area contributed by atoms with E-state index in [0.29, 0.717) is 5.56 Å². The van der Waals surface area contributed by atoms with Crippen LogP contribution in [0.5, 0.6) is 0 Å². The fourth-order valence-electron chi connectivity index (χ4n) is 2.74. The van der Waals surface area contributed by atoms with Crippen molar-refractivity contribution in [2.45, 2.75) is 24.3 Å². The fraction of sp³-hybridized carbons (Fsp3) is 0.500. The summed E-state index contributed by atoms with van der Waals surface area (Å²) in [6, 6.07) is 2.98. The Morgan fingerprint density at radius 1 is 1.38 bits per heavy atom. The highest BCUT2D eigenvalue weighted by Gasteiger charge is 2.39. The first-order valence-electron chi connectivity index (χ1n) is 7.25. The molecule has 0 radical (unpaired) electrons. The summed E-state index contributed by atoms with van der Waals surface area (Å²) in [5, 5.41) is 18.3. The molecule has 1 heterocycles. The van der Waals surface area contributed by atoms with Crippen molar-refractivity contribution in [3.63, 3.8) is 0 Å². The average molecular weight is 377 g/mol. The van der Waals surface area contributed by atoms with E-state index in [1.807, 2.05) is 0 Å². The third-order valence-corrected chi connectivity index (χ3v) is 7.80. The number of carbonyl (C=O) groups is 1. The molecule has 1 aliphatic rings. The Hall–Kier alpha value is -1.49. The molecule has 24 heavy (non-hydrogen) atoms. The summed E-state index contributed by atoms with van der Waals surface area (Å²) >= 11 is 0. The zero-order valence-electron chi connectivity index (χ0n) is 13.0. The number of aryl methyl sites for hydroxylation is 1. The second kappa shape index (κ2) is 6.79. The van der Waals surface area contributed by atoms with Crippen LogP contribution >= 0.6 is 0 Å². The van der Waals surface area contributed by atoms with Gasteiger partial charge in [0, 0.05) is 12.6 Å². The maximum absolute atomic E-state index is 12.9. The lowest BCUT2D eigenvalue weighted by Gasteiger charge is -2.27. The van der Waals surface area contributed by atoms with Crippen molar-refractivity contribution in [1.29, 1.82) is 0 Å². The summed E-state index contributed by atoms with van der Waals surface area (Å²) < 4.78 is 50.2. The van der Waals surface area contributed by atoms with E-state index >= 15 is 0 Å². The molecule has 10 heteroatoms. The molecular formula is C14H19NO7S2. The predicted molar refractivity (Wildman–Crippen MR) is 86.2 cm³/mol. The van der Waals surface area contributed by atoms with Gasteiger partial charge in [-0.25, -0.2) is 21.6 Å². The lowest BCUT2D eigenvalue weighted by molar-refractivity contribution is 0.0696. The van der Waals surface area contributed by atoms with E-state index in [0.717, 1.165) is 10.4 Å². The molecular weight excluding hydrogens is 358 g/mol. The van der Waals surface area contributed by atoms with E-state index in [4.69, 9.17) is 5.11 Å². The minimum Gasteiger partial charge on any atom is -0.478 e. The zero-order chi connectivity index (χ0) is 18.1. The van der Waals surface area contributed by atoms with E-state index in [-0.39, 0.29) is 34.9 Å². The van der Waals surface area contributed by atoms with E-state index in [1.54, 1.807) is 0 Å². The predicted octanol–water partition coefficient (Wildman–Crippen LogP) is -0.137. The van der Waals surface area contributed by atoms with E-state index in [9.17, 15) is 26.7 Å². The number of benzene rings is 1. The van der Waals surface area contributed by atoms with Crippen molar-refractivity contribution in [3.05, 3.63) is 29.3 Å². The summed E-state index contributed by atoms with van der Waals surface area (Å²) in [5.41, 5.74) is 0.172. The highest BCUT2D eigenvalue weighted by Crippen LogP contribution is 2.27. The average Bonchev–Trinajstić information content (AvgIpc) is 2.84. The lowest BCUT2D eigenvalue weighted by Crippen LogP contribution is -2.43. The van der Waals surface area contributed by atoms with Crippen LogP contribution in [0, 0.1) is 6.92 Å². The second-order valence-electron chi connectivity index (χ2n) is 5.68. The standard InChI is InChI=1S/C14H19NO7S2/c1-10-2-3-11(14(17)18)8-13(10)24(21,22)15(5-6-16)12-4-7-23(19,20)9-12/h2-3,8,12,16H,4-7,9H2,1H3,(H,17,18)/t12-/m1/s1. The number of sulfone groups is 1. The van der Waals surface area contributed by atoms with E-state index in [2.05, 4.69) is 0 Å². The third-order valence-electron chi connectivity index (χ3n) is 3.96. The number of aliphatic hydroxyl groups is 1. The molecule has 8 nitrogen and oxygen atoms in total. The van der Waals surface area contributed by atoms with Gasteiger partial charge >= 0.3 is 5.97 Å². The Kier molecular flexibility index (Phi) is 5.33. The van der Waals surface area contributed by atoms with Gasteiger partial charge in [-0.2, -0.15) is 4.31 Å². The molecule has 0 amide bonds. The topological polar surface area (TPSA) is 129 Å². The number of carboxylic acids is 1. The van der Waals surface area contributed by atoms with Crippen LogP contribution in [0.15, 0.2) is 23.1 Å². The second-order valence-corrected chi connectivity index (χ2v) is 9.77. The Labute approximate surface area is 140 Å². The van der Waals surface area contributed by atoms with Gasteiger partial charge in [0.15, 0.2) is 9.84 Å². The van der Waals surface area contributed by atoms with Gasteiger partial charge in [-0.1, -0.05) is 6.07 Å². The number of aromatic carboxylic acids is 1. The summed E-state index contributed by atoms with van der Waals surface area (Å²) in [5.74, 6) is -1.67. The van der Waals surface area contributed by atoms with Crippen LogP contribution in [0.4, 0.5) is 0 Å². The highest BCUT2D eigenvalue weighted by atomic mass is 32.2. The lowest BCUT2D eigenvalue weighted by atomic mass is 10.1. The first kappa shape index (κ1) is 18.8. The number of aliphatic hydroxyl groups excluding tert-OH is 1. The Bertz CT molecular complexity index is 846. The van der Waals surface area contributed by atoms with Gasteiger partial charge in [0.05, 0.1) is 28.6 Å². The van der Waals surface area contributed by atoms with Crippen LogP contribution in [-0.2, 0) is 19.9 Å². The zero-order valence-corrected chi connectivity index (χ0v) is 14.7. The number of hydrogen-bond donors (Lipinski definition) is 2. The summed E-state index contributed by atoms with van der Waals surface area (Å²) in [4.78, 5) is 10.9. The summed E-state index contributed by atoms with van der Waals surface area (Å²) in [6.45, 7) is 0.813. The minimum absolute atomic E-state index is 0.108. The Morgan fingerprint density at radius 2 is 2.04 bits per heavy atom. The SMILES string of the molecule is Cc1ccc(C(=O)O)cc1S(=O)(=O)N(CCO)[C@@H]1CCS(=O)(=O)C1. The molecule has 1 fully saturated rings. The molecule has 1 saturated heterocycles. The molecule has 2 rings (SSSR count). The van der Waals surface area contributed by atoms with Gasteiger partial charge in [-0.3, -0.25) is 0 Å². The first-order valence-corrected chi connectivity index (χ1v) is 10.5. The van der Waals surface area contributed by atoms with Crippen molar-refractivity contribution < 1.29 is 31.8 Å². The molecule has 1 aromatic carbocycles. The van der Waals surface area contributed by atoms with Crippen LogP contribution in [0.1, 0.15) is 22.3 Å². The Balaban J connectivity index is 2.49. The smallest absolute Gasteiger partial charge is 0.335 e. The molecule has 2 N–H and O–H groups in total. The third kappa shape index (κ3) is 3.77. The van der Waals surface area contributed by atoms with Crippen molar-refractivity contribution in [1.82, 2.24) is 4.31 Å². The molecule has 0 bridgehead atoms. The molecule has 0 aromatic heterocycles. The van der Waals surface area contributed by atoms with Gasteiger partial charge in [-0.15, -0.1) is 0 Å². The number of sulfonamides is 1. The number of nitrogens with zero attached hydrogens (tertiary/aromatic N) is 1. The fourth-order valence-corrected chi connectivity index (χ4v) is 6.46. The normalized spacial score (nSPS) is 20.4. The van der Waals surface area contributed by atoms with Crippen molar-refractivity contribution in [3.8, 4) is 0 Å². The number of rotatable bonds is 6. The van der Waals surface area contributed by atoms with Crippen molar-refractivity contribution >= 4 is 25.8 Å². The molecule has 0 saturated carbocycles. The largest absolute Gasteiger partial charge is 0.478 e. The molecule has 134 valence electrons. The number of hydrogen-bond acceptors (Lipinski definition) is 6. The van der Waals surface area contributed by atoms with Crippen molar-refractivity contribution in [2.24, 2.45) is 0 Å². The van der Waals surface area contributed by atoms with Crippen LogP contribution in [0.25, 0.3) is 0 Å². The van der Waals surface area contributed by atoms with E-state index in [1.165, 1.54) is 19.1 Å². The number of carboxylic acid groups (broad SMARTS) is 1. The first-order chi connectivity index (χ1) is 11.1. The van der Waals surface area contributed by atoms with Gasteiger partial charge in [0.2, 0.25) is 10.0 Å². The van der Waals surface area contributed by atoms with Crippen molar-refractivity contribution in [2.75, 3.05) is 24.7 Å². The van der Waals surface area contributed by atoms with Crippen LogP contribution in [0.3, 0.4) is 0 Å². The van der Waals surface area contributed by atoms with Crippen LogP contribution in [-0.4, -0.2) is 68.0 Å². The van der Waals surface area contributed by atoms with Crippen LogP contribution < -0.4 is 0 Å².